The molecule has 0 aliphatic rings. The van der Waals surface area contributed by atoms with Gasteiger partial charge >= 0.3 is 0 Å². The fourth-order valence-electron chi connectivity index (χ4n) is 2.05. The highest BCUT2D eigenvalue weighted by atomic mass is 19.1. The number of methoxy groups -OCH3 is 2. The smallest absolute Gasteiger partial charge is 0.208 e. The molecule has 0 aliphatic carbocycles. The zero-order valence-corrected chi connectivity index (χ0v) is 9.99. The van der Waals surface area contributed by atoms with Crippen molar-refractivity contribution in [2.24, 2.45) is 0 Å². The molecule has 3 nitrogen and oxygen atoms in total. The molecule has 0 aliphatic heterocycles. The quantitative estimate of drug-likeness (QED) is 0.690. The molecular weight excluding hydrogens is 235 g/mol. The minimum Gasteiger partial charge on any atom is -0.497 e. The van der Waals surface area contributed by atoms with Crippen LogP contribution in [-0.2, 0) is 0 Å². The molecule has 4 heteroatoms. The van der Waals surface area contributed by atoms with E-state index in [2.05, 4.69) is 0 Å². The van der Waals surface area contributed by atoms with Crippen molar-refractivity contribution in [3.05, 3.63) is 36.1 Å². The number of halogens is 1. The molecule has 0 unspecified atom stereocenters. The minimum atomic E-state index is -0.481. The lowest BCUT2D eigenvalue weighted by molar-refractivity contribution is 0.386. The van der Waals surface area contributed by atoms with Gasteiger partial charge in [-0.15, -0.1) is 0 Å². The maximum atomic E-state index is 14.0. The minimum absolute atomic E-state index is 0.175. The van der Waals surface area contributed by atoms with Gasteiger partial charge in [0.25, 0.3) is 0 Å². The number of benzene rings is 2. The summed E-state index contributed by atoms with van der Waals surface area (Å²) >= 11 is 0. The highest BCUT2D eigenvalue weighted by molar-refractivity contribution is 6.05. The first-order valence-electron chi connectivity index (χ1n) is 5.47. The van der Waals surface area contributed by atoms with Gasteiger partial charge in [-0.1, -0.05) is 0 Å². The molecule has 0 spiro atoms. The Balaban J connectivity index is 2.38. The van der Waals surface area contributed by atoms with Gasteiger partial charge < -0.3 is 13.9 Å². The number of ether oxygens (including phenoxy) is 2. The molecule has 0 saturated carbocycles. The van der Waals surface area contributed by atoms with E-state index in [1.54, 1.807) is 25.3 Å². The number of rotatable bonds is 2. The molecule has 3 aromatic rings. The van der Waals surface area contributed by atoms with Crippen molar-refractivity contribution in [2.45, 2.75) is 0 Å². The van der Waals surface area contributed by atoms with Crippen LogP contribution in [0.3, 0.4) is 0 Å². The molecule has 0 amide bonds. The van der Waals surface area contributed by atoms with Crippen LogP contribution in [-0.4, -0.2) is 14.2 Å². The Morgan fingerprint density at radius 3 is 2.50 bits per heavy atom. The molecule has 1 aromatic heterocycles. The highest BCUT2D eigenvalue weighted by Crippen LogP contribution is 2.35. The summed E-state index contributed by atoms with van der Waals surface area (Å²) in [6.07, 6.45) is 0. The highest BCUT2D eigenvalue weighted by Gasteiger charge is 2.15. The predicted octanol–water partition coefficient (Wildman–Crippen LogP) is 3.74. The third-order valence-corrected chi connectivity index (χ3v) is 2.97. The van der Waals surface area contributed by atoms with E-state index < -0.39 is 5.82 Å². The molecule has 3 rings (SSSR count). The molecule has 0 radical (unpaired) electrons. The van der Waals surface area contributed by atoms with E-state index in [1.807, 2.05) is 12.1 Å². The van der Waals surface area contributed by atoms with E-state index in [0.717, 1.165) is 10.8 Å². The summed E-state index contributed by atoms with van der Waals surface area (Å²) in [7, 11) is 3.00. The number of hydrogen-bond donors (Lipinski definition) is 0. The maximum Gasteiger partial charge on any atom is 0.208 e. The van der Waals surface area contributed by atoms with Crippen molar-refractivity contribution in [1.29, 1.82) is 0 Å². The lowest BCUT2D eigenvalue weighted by Gasteiger charge is -2.00. The summed E-state index contributed by atoms with van der Waals surface area (Å²) < 4.78 is 29.6. The summed E-state index contributed by atoms with van der Waals surface area (Å²) in [4.78, 5) is 0. The Hall–Kier alpha value is -2.23. The van der Waals surface area contributed by atoms with Gasteiger partial charge in [-0.05, 0) is 24.3 Å². The van der Waals surface area contributed by atoms with Gasteiger partial charge in [0.05, 0.1) is 14.2 Å². The summed E-state index contributed by atoms with van der Waals surface area (Å²) in [5.74, 6) is 0.368. The second-order valence-electron chi connectivity index (χ2n) is 3.92. The van der Waals surface area contributed by atoms with Crippen LogP contribution in [0.1, 0.15) is 0 Å². The second-order valence-corrected chi connectivity index (χ2v) is 3.92. The Kier molecular flexibility index (Phi) is 2.37. The molecule has 2 aromatic carbocycles. The van der Waals surface area contributed by atoms with Crippen LogP contribution in [0.2, 0.25) is 0 Å². The summed E-state index contributed by atoms with van der Waals surface area (Å²) in [6.45, 7) is 0. The molecule has 0 N–H and O–H groups in total. The summed E-state index contributed by atoms with van der Waals surface area (Å²) in [6, 6.07) is 8.79. The lowest BCUT2D eigenvalue weighted by Crippen LogP contribution is -1.87. The van der Waals surface area contributed by atoms with Gasteiger partial charge in [-0.2, -0.15) is 4.39 Å². The Labute approximate surface area is 103 Å². The molecule has 92 valence electrons. The first kappa shape index (κ1) is 10.9. The van der Waals surface area contributed by atoms with Gasteiger partial charge in [0, 0.05) is 16.8 Å². The molecule has 0 atom stereocenters. The van der Waals surface area contributed by atoms with Crippen molar-refractivity contribution in [3.8, 4) is 11.5 Å². The van der Waals surface area contributed by atoms with Gasteiger partial charge in [0.1, 0.15) is 11.3 Å². The average molecular weight is 246 g/mol. The Morgan fingerprint density at radius 1 is 1.00 bits per heavy atom. The standard InChI is InChI=1S/C14H11FO3/c1-16-8-3-4-9-10-5-6-11(17-2)13(15)14(10)18-12(9)7-8/h3-7H,1-2H3. The van der Waals surface area contributed by atoms with Crippen LogP contribution in [0.25, 0.3) is 21.9 Å². The number of furan rings is 1. The van der Waals surface area contributed by atoms with Gasteiger partial charge in [0.15, 0.2) is 11.3 Å². The van der Waals surface area contributed by atoms with Crippen LogP contribution in [0.5, 0.6) is 11.5 Å². The normalized spacial score (nSPS) is 11.1. The van der Waals surface area contributed by atoms with Crippen LogP contribution in [0.4, 0.5) is 4.39 Å². The molecular formula is C14H11FO3. The van der Waals surface area contributed by atoms with E-state index in [0.29, 0.717) is 11.3 Å². The van der Waals surface area contributed by atoms with Crippen molar-refractivity contribution in [1.82, 2.24) is 0 Å². The van der Waals surface area contributed by atoms with E-state index in [1.165, 1.54) is 7.11 Å². The predicted molar refractivity (Wildman–Crippen MR) is 66.8 cm³/mol. The summed E-state index contributed by atoms with van der Waals surface area (Å²) in [5, 5.41) is 1.58. The Bertz CT molecular complexity index is 731. The number of hydrogen-bond acceptors (Lipinski definition) is 3. The van der Waals surface area contributed by atoms with Crippen molar-refractivity contribution in [2.75, 3.05) is 14.2 Å². The molecule has 0 bridgehead atoms. The fourth-order valence-corrected chi connectivity index (χ4v) is 2.05. The lowest BCUT2D eigenvalue weighted by atomic mass is 10.1. The fraction of sp³-hybridized carbons (Fsp3) is 0.143. The van der Waals surface area contributed by atoms with Crippen molar-refractivity contribution in [3.63, 3.8) is 0 Å². The SMILES string of the molecule is COc1ccc2c(c1)oc1c(F)c(OC)ccc12. The average Bonchev–Trinajstić information content (AvgIpc) is 2.77. The van der Waals surface area contributed by atoms with Crippen LogP contribution in [0, 0.1) is 5.82 Å². The molecule has 18 heavy (non-hydrogen) atoms. The topological polar surface area (TPSA) is 31.6 Å². The zero-order valence-electron chi connectivity index (χ0n) is 9.99. The maximum absolute atomic E-state index is 14.0. The molecule has 0 fully saturated rings. The largest absolute Gasteiger partial charge is 0.497 e. The third-order valence-electron chi connectivity index (χ3n) is 2.97. The molecule has 1 heterocycles. The second kappa shape index (κ2) is 3.91. The van der Waals surface area contributed by atoms with Gasteiger partial charge in [0.2, 0.25) is 5.82 Å². The van der Waals surface area contributed by atoms with Gasteiger partial charge in [-0.3, -0.25) is 0 Å². The van der Waals surface area contributed by atoms with Gasteiger partial charge in [-0.25, -0.2) is 0 Å². The van der Waals surface area contributed by atoms with Crippen LogP contribution in [0.15, 0.2) is 34.7 Å². The summed E-state index contributed by atoms with van der Waals surface area (Å²) in [5.41, 5.74) is 0.800. The van der Waals surface area contributed by atoms with E-state index >= 15 is 0 Å². The molecule has 0 saturated heterocycles. The monoisotopic (exact) mass is 246 g/mol. The van der Waals surface area contributed by atoms with Crippen molar-refractivity contribution < 1.29 is 18.3 Å². The van der Waals surface area contributed by atoms with E-state index in [9.17, 15) is 4.39 Å². The van der Waals surface area contributed by atoms with E-state index in [4.69, 9.17) is 13.9 Å². The first-order chi connectivity index (χ1) is 8.74. The first-order valence-corrected chi connectivity index (χ1v) is 5.47. The third kappa shape index (κ3) is 1.42. The van der Waals surface area contributed by atoms with Crippen LogP contribution >= 0.6 is 0 Å². The van der Waals surface area contributed by atoms with Crippen LogP contribution < -0.4 is 9.47 Å². The Morgan fingerprint density at radius 2 is 1.78 bits per heavy atom. The zero-order chi connectivity index (χ0) is 12.7. The van der Waals surface area contributed by atoms with E-state index in [-0.39, 0.29) is 11.3 Å². The number of fused-ring (bicyclic) bond motifs is 3. The van der Waals surface area contributed by atoms with Crippen molar-refractivity contribution >= 4 is 21.9 Å².